The van der Waals surface area contributed by atoms with E-state index in [1.54, 1.807) is 0 Å². The summed E-state index contributed by atoms with van der Waals surface area (Å²) in [7, 11) is 0. The average Bonchev–Trinajstić information content (AvgIpc) is 2.77. The van der Waals surface area contributed by atoms with E-state index in [1.165, 1.54) is 0 Å². The lowest BCUT2D eigenvalue weighted by Crippen LogP contribution is -2.45. The van der Waals surface area contributed by atoms with Crippen LogP contribution < -0.4 is 5.32 Å². The minimum atomic E-state index is 0.157. The largest absolute Gasteiger partial charge is 0.372 e. The van der Waals surface area contributed by atoms with Gasteiger partial charge in [0.25, 0.3) is 0 Å². The minimum absolute atomic E-state index is 0.157. The molecule has 1 aliphatic heterocycles. The maximum atomic E-state index is 5.77. The van der Waals surface area contributed by atoms with Crippen LogP contribution in [0.3, 0.4) is 0 Å². The highest BCUT2D eigenvalue weighted by Crippen LogP contribution is 2.11. The van der Waals surface area contributed by atoms with Crippen molar-refractivity contribution in [3.8, 4) is 0 Å². The summed E-state index contributed by atoms with van der Waals surface area (Å²) >= 11 is 0. The molecule has 0 spiro atoms. The number of aromatic nitrogens is 2. The summed E-state index contributed by atoms with van der Waals surface area (Å²) in [5.74, 6) is 0. The van der Waals surface area contributed by atoms with E-state index in [4.69, 9.17) is 9.47 Å². The van der Waals surface area contributed by atoms with E-state index in [9.17, 15) is 0 Å². The molecule has 2 heterocycles. The molecule has 102 valence electrons. The van der Waals surface area contributed by atoms with Gasteiger partial charge in [0.1, 0.15) is 0 Å². The lowest BCUT2D eigenvalue weighted by Gasteiger charge is -2.28. The third-order valence-corrected chi connectivity index (χ3v) is 3.08. The van der Waals surface area contributed by atoms with E-state index in [1.807, 2.05) is 12.5 Å². The van der Waals surface area contributed by atoms with Crippen molar-refractivity contribution in [1.29, 1.82) is 0 Å². The Morgan fingerprint density at radius 3 is 3.11 bits per heavy atom. The SMILES string of the molecule is CC1CNCC(COCc2cncn2C(C)C)O1. The number of rotatable bonds is 5. The highest BCUT2D eigenvalue weighted by atomic mass is 16.5. The molecule has 0 aliphatic carbocycles. The van der Waals surface area contributed by atoms with Gasteiger partial charge in [0, 0.05) is 19.1 Å². The molecule has 2 rings (SSSR count). The van der Waals surface area contributed by atoms with Gasteiger partial charge < -0.3 is 19.4 Å². The summed E-state index contributed by atoms with van der Waals surface area (Å²) in [6.45, 7) is 9.37. The van der Waals surface area contributed by atoms with Crippen molar-refractivity contribution in [2.75, 3.05) is 19.7 Å². The normalized spacial score (nSPS) is 24.7. The molecule has 2 atom stereocenters. The van der Waals surface area contributed by atoms with E-state index < -0.39 is 0 Å². The fourth-order valence-corrected chi connectivity index (χ4v) is 2.17. The summed E-state index contributed by atoms with van der Waals surface area (Å²) in [4.78, 5) is 4.16. The molecule has 0 saturated carbocycles. The molecule has 1 aromatic heterocycles. The third kappa shape index (κ3) is 3.54. The van der Waals surface area contributed by atoms with Gasteiger partial charge in [-0.1, -0.05) is 0 Å². The van der Waals surface area contributed by atoms with Crippen molar-refractivity contribution in [2.24, 2.45) is 0 Å². The number of hydrogen-bond donors (Lipinski definition) is 1. The Morgan fingerprint density at radius 1 is 1.56 bits per heavy atom. The van der Waals surface area contributed by atoms with Crippen molar-refractivity contribution in [1.82, 2.24) is 14.9 Å². The third-order valence-electron chi connectivity index (χ3n) is 3.08. The number of nitrogens with one attached hydrogen (secondary N) is 1. The Labute approximate surface area is 108 Å². The molecule has 0 bridgehead atoms. The van der Waals surface area contributed by atoms with Crippen LogP contribution in [0.15, 0.2) is 12.5 Å². The van der Waals surface area contributed by atoms with Gasteiger partial charge >= 0.3 is 0 Å². The Balaban J connectivity index is 1.76. The van der Waals surface area contributed by atoms with Gasteiger partial charge in [-0.2, -0.15) is 0 Å². The van der Waals surface area contributed by atoms with Crippen LogP contribution in [0.4, 0.5) is 0 Å². The van der Waals surface area contributed by atoms with Crippen LogP contribution in [0.25, 0.3) is 0 Å². The molecule has 1 aliphatic rings. The zero-order valence-electron chi connectivity index (χ0n) is 11.4. The summed E-state index contributed by atoms with van der Waals surface area (Å²) < 4.78 is 13.6. The van der Waals surface area contributed by atoms with E-state index in [2.05, 4.69) is 35.6 Å². The van der Waals surface area contributed by atoms with Gasteiger partial charge in [0.15, 0.2) is 0 Å². The van der Waals surface area contributed by atoms with E-state index in [0.717, 1.165) is 18.8 Å². The Bertz CT molecular complexity index is 365. The molecule has 18 heavy (non-hydrogen) atoms. The molecule has 0 radical (unpaired) electrons. The summed E-state index contributed by atoms with van der Waals surface area (Å²) in [6.07, 6.45) is 4.14. The van der Waals surface area contributed by atoms with E-state index in [0.29, 0.717) is 19.3 Å². The van der Waals surface area contributed by atoms with Gasteiger partial charge in [-0.3, -0.25) is 0 Å². The molecular weight excluding hydrogens is 230 g/mol. The number of nitrogens with zero attached hydrogens (tertiary/aromatic N) is 2. The molecule has 5 nitrogen and oxygen atoms in total. The summed E-state index contributed by atoms with van der Waals surface area (Å²) in [6, 6.07) is 0.415. The van der Waals surface area contributed by atoms with Crippen molar-refractivity contribution in [2.45, 2.75) is 45.6 Å². The molecule has 0 aromatic carbocycles. The first kappa shape index (κ1) is 13.5. The van der Waals surface area contributed by atoms with Crippen LogP contribution in [0.1, 0.15) is 32.5 Å². The first-order valence-corrected chi connectivity index (χ1v) is 6.61. The molecule has 1 saturated heterocycles. The van der Waals surface area contributed by atoms with Crippen LogP contribution in [0.2, 0.25) is 0 Å². The van der Waals surface area contributed by atoms with Crippen molar-refractivity contribution in [3.05, 3.63) is 18.2 Å². The molecular formula is C13H23N3O2. The van der Waals surface area contributed by atoms with Crippen LogP contribution in [-0.4, -0.2) is 41.5 Å². The zero-order chi connectivity index (χ0) is 13.0. The van der Waals surface area contributed by atoms with Gasteiger partial charge in [-0.05, 0) is 20.8 Å². The van der Waals surface area contributed by atoms with Crippen LogP contribution in [0.5, 0.6) is 0 Å². The lowest BCUT2D eigenvalue weighted by atomic mass is 10.2. The number of morpholine rings is 1. The van der Waals surface area contributed by atoms with E-state index >= 15 is 0 Å². The van der Waals surface area contributed by atoms with Crippen LogP contribution in [0, 0.1) is 0 Å². The molecule has 5 heteroatoms. The Morgan fingerprint density at radius 2 is 2.39 bits per heavy atom. The average molecular weight is 253 g/mol. The highest BCUT2D eigenvalue weighted by Gasteiger charge is 2.18. The number of imidazole rings is 1. The van der Waals surface area contributed by atoms with Crippen molar-refractivity contribution < 1.29 is 9.47 Å². The van der Waals surface area contributed by atoms with Crippen molar-refractivity contribution in [3.63, 3.8) is 0 Å². The summed E-state index contributed by atoms with van der Waals surface area (Å²) in [5.41, 5.74) is 1.11. The topological polar surface area (TPSA) is 48.3 Å². The zero-order valence-corrected chi connectivity index (χ0v) is 11.4. The van der Waals surface area contributed by atoms with Crippen LogP contribution in [-0.2, 0) is 16.1 Å². The second-order valence-electron chi connectivity index (χ2n) is 5.13. The van der Waals surface area contributed by atoms with Gasteiger partial charge in [0.2, 0.25) is 0 Å². The Hall–Kier alpha value is -0.910. The van der Waals surface area contributed by atoms with E-state index in [-0.39, 0.29) is 12.2 Å². The second kappa shape index (κ2) is 6.31. The smallest absolute Gasteiger partial charge is 0.0951 e. The molecule has 2 unspecified atom stereocenters. The molecule has 1 N–H and O–H groups in total. The molecule has 1 aromatic rings. The fraction of sp³-hybridized carbons (Fsp3) is 0.769. The predicted molar refractivity (Wildman–Crippen MR) is 69.5 cm³/mol. The van der Waals surface area contributed by atoms with Gasteiger partial charge in [0.05, 0.1) is 43.6 Å². The maximum Gasteiger partial charge on any atom is 0.0951 e. The quantitative estimate of drug-likeness (QED) is 0.860. The fourth-order valence-electron chi connectivity index (χ4n) is 2.17. The number of ether oxygens (including phenoxy) is 2. The molecule has 1 fully saturated rings. The first-order chi connectivity index (χ1) is 8.66. The highest BCUT2D eigenvalue weighted by molar-refractivity contribution is 4.97. The molecule has 0 amide bonds. The minimum Gasteiger partial charge on any atom is -0.372 e. The summed E-state index contributed by atoms with van der Waals surface area (Å²) in [5, 5.41) is 3.34. The van der Waals surface area contributed by atoms with Gasteiger partial charge in [-0.25, -0.2) is 4.98 Å². The second-order valence-corrected chi connectivity index (χ2v) is 5.13. The number of hydrogen-bond acceptors (Lipinski definition) is 4. The standard InChI is InChI=1S/C13H23N3O2/c1-10(2)16-9-15-5-12(16)7-17-8-13-6-14-4-11(3)18-13/h5,9-11,13-14H,4,6-8H2,1-3H3. The first-order valence-electron chi connectivity index (χ1n) is 6.61. The maximum absolute atomic E-state index is 5.77. The lowest BCUT2D eigenvalue weighted by molar-refractivity contribution is -0.0723. The Kier molecular flexibility index (Phi) is 4.74. The van der Waals surface area contributed by atoms with Gasteiger partial charge in [-0.15, -0.1) is 0 Å². The monoisotopic (exact) mass is 253 g/mol. The van der Waals surface area contributed by atoms with Crippen LogP contribution >= 0.6 is 0 Å². The predicted octanol–water partition coefficient (Wildman–Crippen LogP) is 1.36. The van der Waals surface area contributed by atoms with Crippen molar-refractivity contribution >= 4 is 0 Å².